The van der Waals surface area contributed by atoms with Crippen LogP contribution in [0.5, 0.6) is 0 Å². The Balaban J connectivity index is 2.28. The highest BCUT2D eigenvalue weighted by molar-refractivity contribution is 7.99. The summed E-state index contributed by atoms with van der Waals surface area (Å²) in [6, 6.07) is 1.91. The molecule has 0 amide bonds. The van der Waals surface area contributed by atoms with Crippen LogP contribution in [0.25, 0.3) is 0 Å². The van der Waals surface area contributed by atoms with Gasteiger partial charge in [-0.2, -0.15) is 0 Å². The van der Waals surface area contributed by atoms with Crippen LogP contribution in [0.4, 0.5) is 0 Å². The number of nitrogens with zero attached hydrogens (tertiary/aromatic N) is 2. The largest absolute Gasteiger partial charge is 0.316 e. The number of nitrogens with one attached hydrogen (secondary N) is 1. The molecular formula is C9H15N3S. The molecule has 0 radical (unpaired) electrons. The van der Waals surface area contributed by atoms with Crippen LogP contribution < -0.4 is 5.32 Å². The summed E-state index contributed by atoms with van der Waals surface area (Å²) in [6.07, 6.45) is 1.80. The molecule has 3 nitrogen and oxygen atoms in total. The SMILES string of the molecule is CCNCCSc1nccc(C)n1. The summed E-state index contributed by atoms with van der Waals surface area (Å²) in [5.41, 5.74) is 1.03. The topological polar surface area (TPSA) is 37.8 Å². The Bertz CT molecular complexity index is 252. The van der Waals surface area contributed by atoms with E-state index in [1.807, 2.05) is 13.0 Å². The fourth-order valence-electron chi connectivity index (χ4n) is 0.887. The Morgan fingerprint density at radius 2 is 2.38 bits per heavy atom. The molecule has 0 aromatic carbocycles. The molecule has 0 atom stereocenters. The molecule has 13 heavy (non-hydrogen) atoms. The first-order valence-electron chi connectivity index (χ1n) is 4.46. The molecule has 72 valence electrons. The van der Waals surface area contributed by atoms with Crippen molar-refractivity contribution in [3.8, 4) is 0 Å². The summed E-state index contributed by atoms with van der Waals surface area (Å²) in [5.74, 6) is 1.03. The lowest BCUT2D eigenvalue weighted by Crippen LogP contribution is -2.15. The molecule has 0 spiro atoms. The standard InChI is InChI=1S/C9H15N3S/c1-3-10-6-7-13-9-11-5-4-8(2)12-9/h4-5,10H,3,6-7H2,1-2H3. The lowest BCUT2D eigenvalue weighted by molar-refractivity contribution is 0.767. The molecule has 1 aromatic heterocycles. The van der Waals surface area contributed by atoms with Gasteiger partial charge in [-0.3, -0.25) is 0 Å². The summed E-state index contributed by atoms with van der Waals surface area (Å²) in [7, 11) is 0. The van der Waals surface area contributed by atoms with Crippen LogP contribution in [0.15, 0.2) is 17.4 Å². The number of hydrogen-bond acceptors (Lipinski definition) is 4. The molecule has 1 rings (SSSR count). The van der Waals surface area contributed by atoms with Crippen molar-refractivity contribution in [2.75, 3.05) is 18.8 Å². The van der Waals surface area contributed by atoms with Gasteiger partial charge in [-0.25, -0.2) is 9.97 Å². The summed E-state index contributed by atoms with van der Waals surface area (Å²) in [5, 5.41) is 4.13. The lowest BCUT2D eigenvalue weighted by atomic mass is 10.5. The molecule has 0 saturated carbocycles. The van der Waals surface area contributed by atoms with E-state index in [0.29, 0.717) is 0 Å². The van der Waals surface area contributed by atoms with Gasteiger partial charge in [-0.15, -0.1) is 0 Å². The van der Waals surface area contributed by atoms with Crippen LogP contribution >= 0.6 is 11.8 Å². The van der Waals surface area contributed by atoms with Crippen molar-refractivity contribution < 1.29 is 0 Å². The third kappa shape index (κ3) is 4.24. The van der Waals surface area contributed by atoms with E-state index in [1.54, 1.807) is 18.0 Å². The Hall–Kier alpha value is -0.610. The number of hydrogen-bond donors (Lipinski definition) is 1. The minimum Gasteiger partial charge on any atom is -0.316 e. The molecule has 0 fully saturated rings. The predicted molar refractivity (Wildman–Crippen MR) is 56.0 cm³/mol. The zero-order chi connectivity index (χ0) is 9.52. The summed E-state index contributed by atoms with van der Waals surface area (Å²) in [4.78, 5) is 8.46. The van der Waals surface area contributed by atoms with Crippen LogP contribution in [0.2, 0.25) is 0 Å². The number of aryl methyl sites for hydroxylation is 1. The minimum atomic E-state index is 0.873. The van der Waals surface area contributed by atoms with Crippen molar-refractivity contribution in [3.05, 3.63) is 18.0 Å². The maximum Gasteiger partial charge on any atom is 0.187 e. The number of rotatable bonds is 5. The van der Waals surface area contributed by atoms with E-state index < -0.39 is 0 Å². The quantitative estimate of drug-likeness (QED) is 0.441. The maximum atomic E-state index is 4.29. The van der Waals surface area contributed by atoms with Gasteiger partial charge >= 0.3 is 0 Å². The second kappa shape index (κ2) is 5.94. The fourth-order valence-corrected chi connectivity index (χ4v) is 1.66. The van der Waals surface area contributed by atoms with E-state index in [0.717, 1.165) is 29.7 Å². The van der Waals surface area contributed by atoms with Crippen LogP contribution in [-0.2, 0) is 0 Å². The monoisotopic (exact) mass is 197 g/mol. The van der Waals surface area contributed by atoms with Crippen LogP contribution in [0, 0.1) is 6.92 Å². The fraction of sp³-hybridized carbons (Fsp3) is 0.556. The first-order chi connectivity index (χ1) is 6.33. The zero-order valence-corrected chi connectivity index (χ0v) is 8.90. The molecule has 0 aliphatic heterocycles. The van der Waals surface area contributed by atoms with Gasteiger partial charge in [0, 0.05) is 24.2 Å². The maximum absolute atomic E-state index is 4.29. The zero-order valence-electron chi connectivity index (χ0n) is 8.08. The van der Waals surface area contributed by atoms with Crippen LogP contribution in [0.3, 0.4) is 0 Å². The smallest absolute Gasteiger partial charge is 0.187 e. The Morgan fingerprint density at radius 1 is 1.54 bits per heavy atom. The molecule has 0 aliphatic rings. The van der Waals surface area contributed by atoms with E-state index in [2.05, 4.69) is 22.2 Å². The molecule has 0 bridgehead atoms. The van der Waals surface area contributed by atoms with Crippen molar-refractivity contribution in [3.63, 3.8) is 0 Å². The highest BCUT2D eigenvalue weighted by atomic mass is 32.2. The van der Waals surface area contributed by atoms with E-state index in [-0.39, 0.29) is 0 Å². The highest BCUT2D eigenvalue weighted by Crippen LogP contribution is 2.10. The van der Waals surface area contributed by atoms with Gasteiger partial charge < -0.3 is 5.32 Å². The molecule has 0 unspecified atom stereocenters. The van der Waals surface area contributed by atoms with Gasteiger partial charge in [0.1, 0.15) is 0 Å². The summed E-state index contributed by atoms with van der Waals surface area (Å²) in [6.45, 7) is 6.12. The van der Waals surface area contributed by atoms with E-state index in [4.69, 9.17) is 0 Å². The van der Waals surface area contributed by atoms with Gasteiger partial charge in [-0.1, -0.05) is 18.7 Å². The molecule has 4 heteroatoms. The van der Waals surface area contributed by atoms with Gasteiger partial charge in [0.15, 0.2) is 5.16 Å². The summed E-state index contributed by atoms with van der Waals surface area (Å²) >= 11 is 1.69. The third-order valence-corrected chi connectivity index (χ3v) is 2.40. The normalized spacial score (nSPS) is 10.3. The highest BCUT2D eigenvalue weighted by Gasteiger charge is 1.96. The Labute approximate surface area is 83.4 Å². The minimum absolute atomic E-state index is 0.873. The van der Waals surface area contributed by atoms with E-state index in [1.165, 1.54) is 0 Å². The van der Waals surface area contributed by atoms with Crippen molar-refractivity contribution in [1.29, 1.82) is 0 Å². The average molecular weight is 197 g/mol. The average Bonchev–Trinajstić information content (AvgIpc) is 2.13. The molecule has 0 saturated heterocycles. The first kappa shape index (κ1) is 10.5. The second-order valence-electron chi connectivity index (χ2n) is 2.68. The van der Waals surface area contributed by atoms with E-state index in [9.17, 15) is 0 Å². The van der Waals surface area contributed by atoms with Gasteiger partial charge in [0.05, 0.1) is 0 Å². The number of aromatic nitrogens is 2. The summed E-state index contributed by atoms with van der Waals surface area (Å²) < 4.78 is 0. The molecule has 0 aliphatic carbocycles. The second-order valence-corrected chi connectivity index (χ2v) is 3.74. The predicted octanol–water partition coefficient (Wildman–Crippen LogP) is 1.49. The lowest BCUT2D eigenvalue weighted by Gasteiger charge is -2.00. The number of thioether (sulfide) groups is 1. The van der Waals surface area contributed by atoms with Crippen molar-refractivity contribution >= 4 is 11.8 Å². The van der Waals surface area contributed by atoms with Crippen LogP contribution in [0.1, 0.15) is 12.6 Å². The molecule has 1 N–H and O–H groups in total. The van der Waals surface area contributed by atoms with Gasteiger partial charge in [0.2, 0.25) is 0 Å². The molecule has 1 aromatic rings. The van der Waals surface area contributed by atoms with Crippen LogP contribution in [-0.4, -0.2) is 28.8 Å². The van der Waals surface area contributed by atoms with Crippen molar-refractivity contribution in [1.82, 2.24) is 15.3 Å². The Kier molecular flexibility index (Phi) is 4.78. The third-order valence-electron chi connectivity index (χ3n) is 1.53. The van der Waals surface area contributed by atoms with Crippen molar-refractivity contribution in [2.24, 2.45) is 0 Å². The Morgan fingerprint density at radius 3 is 3.08 bits per heavy atom. The molecular weight excluding hydrogens is 182 g/mol. The van der Waals surface area contributed by atoms with Crippen molar-refractivity contribution in [2.45, 2.75) is 19.0 Å². The molecule has 1 heterocycles. The first-order valence-corrected chi connectivity index (χ1v) is 5.44. The van der Waals surface area contributed by atoms with Gasteiger partial charge in [-0.05, 0) is 19.5 Å². The van der Waals surface area contributed by atoms with Gasteiger partial charge in [0.25, 0.3) is 0 Å². The van der Waals surface area contributed by atoms with E-state index >= 15 is 0 Å².